The number of hydrogen-bond donors (Lipinski definition) is 2. The highest BCUT2D eigenvalue weighted by molar-refractivity contribution is 5.69. The molecule has 2 N–H and O–H groups in total. The highest BCUT2D eigenvalue weighted by atomic mass is 19.4. The number of nitrogens with one attached hydrogen (secondary N) is 1. The molecule has 0 amide bonds. The molecule has 0 heterocycles. The van der Waals surface area contributed by atoms with Gasteiger partial charge in [-0.15, -0.1) is 0 Å². The predicted octanol–water partition coefficient (Wildman–Crippen LogP) is 1.39. The van der Waals surface area contributed by atoms with Gasteiger partial charge in [0.2, 0.25) is 0 Å². The van der Waals surface area contributed by atoms with Crippen LogP contribution in [0, 0.1) is 5.92 Å². The Morgan fingerprint density at radius 1 is 1.57 bits per heavy atom. The first kappa shape index (κ1) is 11.3. The number of carboxylic acid groups (broad SMARTS) is 1. The minimum atomic E-state index is -4.27. The van der Waals surface area contributed by atoms with Gasteiger partial charge in [0, 0.05) is 6.54 Å². The Kier molecular flexibility index (Phi) is 2.76. The molecular formula is C8H12F3NO2. The smallest absolute Gasteiger partial charge is 0.406 e. The third-order valence-corrected chi connectivity index (χ3v) is 2.46. The largest absolute Gasteiger partial charge is 0.481 e. The van der Waals surface area contributed by atoms with Gasteiger partial charge in [-0.25, -0.2) is 0 Å². The molecule has 6 heteroatoms. The van der Waals surface area contributed by atoms with Gasteiger partial charge in [-0.3, -0.25) is 4.79 Å². The summed E-state index contributed by atoms with van der Waals surface area (Å²) < 4.78 is 37.0. The molecule has 1 rings (SSSR count). The second-order valence-electron chi connectivity index (χ2n) is 3.70. The molecule has 1 saturated carbocycles. The van der Waals surface area contributed by atoms with E-state index in [1.807, 2.05) is 0 Å². The minimum absolute atomic E-state index is 0.0445. The summed E-state index contributed by atoms with van der Waals surface area (Å²) in [6.07, 6.45) is -4.18. The summed E-state index contributed by atoms with van der Waals surface area (Å²) in [4.78, 5) is 10.4. The van der Waals surface area contributed by atoms with Crippen molar-refractivity contribution in [1.29, 1.82) is 0 Å². The van der Waals surface area contributed by atoms with Gasteiger partial charge in [0.1, 0.15) is 5.54 Å². The summed E-state index contributed by atoms with van der Waals surface area (Å²) in [6, 6.07) is 0. The minimum Gasteiger partial charge on any atom is -0.481 e. The maximum atomic E-state index is 12.3. The molecule has 1 unspecified atom stereocenters. The van der Waals surface area contributed by atoms with E-state index in [-0.39, 0.29) is 19.4 Å². The Bertz CT molecular complexity index is 235. The number of alkyl halides is 3. The standard InChI is InChI=1S/C8H12F3NO2/c1-5(6(13)14)4-12-7(2-3-7)8(9,10)11/h5,12H,2-4H2,1H3,(H,13,14). The van der Waals surface area contributed by atoms with Gasteiger partial charge < -0.3 is 10.4 Å². The summed E-state index contributed by atoms with van der Waals surface area (Å²) in [7, 11) is 0. The molecule has 0 saturated heterocycles. The number of aliphatic carboxylic acids is 1. The van der Waals surface area contributed by atoms with Gasteiger partial charge in [0.05, 0.1) is 5.92 Å². The van der Waals surface area contributed by atoms with E-state index in [9.17, 15) is 18.0 Å². The lowest BCUT2D eigenvalue weighted by Gasteiger charge is -2.21. The van der Waals surface area contributed by atoms with Crippen molar-refractivity contribution >= 4 is 5.97 Å². The molecule has 0 radical (unpaired) electrons. The van der Waals surface area contributed by atoms with Crippen molar-refractivity contribution < 1.29 is 23.1 Å². The van der Waals surface area contributed by atoms with E-state index in [1.165, 1.54) is 6.92 Å². The predicted molar refractivity (Wildman–Crippen MR) is 42.8 cm³/mol. The number of halogens is 3. The third kappa shape index (κ3) is 2.17. The molecule has 1 atom stereocenters. The van der Waals surface area contributed by atoms with E-state index in [1.54, 1.807) is 0 Å². The Morgan fingerprint density at radius 3 is 2.36 bits per heavy atom. The van der Waals surface area contributed by atoms with Crippen molar-refractivity contribution in [2.24, 2.45) is 5.92 Å². The molecule has 82 valence electrons. The highest BCUT2D eigenvalue weighted by Gasteiger charge is 2.63. The molecule has 0 aromatic heterocycles. The maximum absolute atomic E-state index is 12.3. The molecular weight excluding hydrogens is 199 g/mol. The van der Waals surface area contributed by atoms with Crippen molar-refractivity contribution in [3.63, 3.8) is 0 Å². The summed E-state index contributed by atoms with van der Waals surface area (Å²) in [5.74, 6) is -1.88. The van der Waals surface area contributed by atoms with Crippen LogP contribution in [0.2, 0.25) is 0 Å². The van der Waals surface area contributed by atoms with E-state index in [4.69, 9.17) is 5.11 Å². The topological polar surface area (TPSA) is 49.3 Å². The number of carboxylic acids is 1. The Morgan fingerprint density at radius 2 is 2.07 bits per heavy atom. The third-order valence-electron chi connectivity index (χ3n) is 2.46. The number of hydrogen-bond acceptors (Lipinski definition) is 2. The van der Waals surface area contributed by atoms with E-state index in [0.29, 0.717) is 0 Å². The fourth-order valence-corrected chi connectivity index (χ4v) is 1.12. The molecule has 14 heavy (non-hydrogen) atoms. The van der Waals surface area contributed by atoms with Gasteiger partial charge >= 0.3 is 12.1 Å². The van der Waals surface area contributed by atoms with Crippen molar-refractivity contribution in [2.75, 3.05) is 6.54 Å². The van der Waals surface area contributed by atoms with Crippen LogP contribution >= 0.6 is 0 Å². The van der Waals surface area contributed by atoms with Crippen molar-refractivity contribution in [3.05, 3.63) is 0 Å². The van der Waals surface area contributed by atoms with Gasteiger partial charge in [-0.2, -0.15) is 13.2 Å². The van der Waals surface area contributed by atoms with E-state index < -0.39 is 23.6 Å². The summed E-state index contributed by atoms with van der Waals surface area (Å²) in [5.41, 5.74) is -1.81. The molecule has 0 bridgehead atoms. The fraction of sp³-hybridized carbons (Fsp3) is 0.875. The number of carbonyl (C=O) groups is 1. The van der Waals surface area contributed by atoms with Crippen LogP contribution in [0.5, 0.6) is 0 Å². The lowest BCUT2D eigenvalue weighted by Crippen LogP contribution is -2.47. The van der Waals surface area contributed by atoms with Crippen LogP contribution in [-0.2, 0) is 4.79 Å². The molecule has 3 nitrogen and oxygen atoms in total. The zero-order chi connectivity index (χ0) is 11.0. The first-order chi connectivity index (χ1) is 6.28. The van der Waals surface area contributed by atoms with Gasteiger partial charge in [0.15, 0.2) is 0 Å². The van der Waals surface area contributed by atoms with Crippen LogP contribution in [0.3, 0.4) is 0 Å². The van der Waals surface area contributed by atoms with Crippen LogP contribution in [0.4, 0.5) is 13.2 Å². The molecule has 1 aliphatic carbocycles. The van der Waals surface area contributed by atoms with Crippen LogP contribution < -0.4 is 5.32 Å². The van der Waals surface area contributed by atoms with Gasteiger partial charge in [-0.1, -0.05) is 6.92 Å². The average Bonchev–Trinajstić information content (AvgIpc) is 2.78. The lowest BCUT2D eigenvalue weighted by atomic mass is 10.1. The zero-order valence-electron chi connectivity index (χ0n) is 7.69. The molecule has 0 aromatic carbocycles. The van der Waals surface area contributed by atoms with E-state index in [2.05, 4.69) is 5.32 Å². The van der Waals surface area contributed by atoms with Crippen molar-refractivity contribution in [3.8, 4) is 0 Å². The lowest BCUT2D eigenvalue weighted by molar-refractivity contribution is -0.167. The summed E-state index contributed by atoms with van der Waals surface area (Å²) in [6.45, 7) is 1.23. The Balaban J connectivity index is 2.42. The summed E-state index contributed by atoms with van der Waals surface area (Å²) in [5, 5.41) is 10.8. The monoisotopic (exact) mass is 211 g/mol. The zero-order valence-corrected chi connectivity index (χ0v) is 7.69. The number of rotatable bonds is 4. The second kappa shape index (κ2) is 3.42. The van der Waals surface area contributed by atoms with Crippen molar-refractivity contribution in [1.82, 2.24) is 5.32 Å². The van der Waals surface area contributed by atoms with Crippen LogP contribution in [0.25, 0.3) is 0 Å². The average molecular weight is 211 g/mol. The first-order valence-corrected chi connectivity index (χ1v) is 4.33. The highest BCUT2D eigenvalue weighted by Crippen LogP contribution is 2.48. The molecule has 0 aromatic rings. The SMILES string of the molecule is CC(CNC1(C(F)(F)F)CC1)C(=O)O. The van der Waals surface area contributed by atoms with Crippen LogP contribution in [0.1, 0.15) is 19.8 Å². The van der Waals surface area contributed by atoms with Gasteiger partial charge in [0.25, 0.3) is 0 Å². The van der Waals surface area contributed by atoms with Crippen LogP contribution in [-0.4, -0.2) is 29.3 Å². The molecule has 1 aliphatic rings. The molecule has 0 spiro atoms. The van der Waals surface area contributed by atoms with Crippen molar-refractivity contribution in [2.45, 2.75) is 31.5 Å². The quantitative estimate of drug-likeness (QED) is 0.738. The normalized spacial score (nSPS) is 21.7. The van der Waals surface area contributed by atoms with E-state index in [0.717, 1.165) is 0 Å². The second-order valence-corrected chi connectivity index (χ2v) is 3.70. The molecule has 0 aliphatic heterocycles. The maximum Gasteiger partial charge on any atom is 0.406 e. The first-order valence-electron chi connectivity index (χ1n) is 4.33. The Labute approximate surface area is 79.3 Å². The van der Waals surface area contributed by atoms with Gasteiger partial charge in [-0.05, 0) is 12.8 Å². The fourth-order valence-electron chi connectivity index (χ4n) is 1.12. The van der Waals surface area contributed by atoms with Crippen LogP contribution in [0.15, 0.2) is 0 Å². The summed E-state index contributed by atoms with van der Waals surface area (Å²) >= 11 is 0. The Hall–Kier alpha value is -0.780. The molecule has 1 fully saturated rings. The van der Waals surface area contributed by atoms with E-state index >= 15 is 0 Å².